The molecule has 1 atom stereocenters. The van der Waals surface area contributed by atoms with Gasteiger partial charge in [0.1, 0.15) is 5.82 Å². The van der Waals surface area contributed by atoms with E-state index in [9.17, 15) is 4.39 Å². The van der Waals surface area contributed by atoms with E-state index < -0.39 is 0 Å². The summed E-state index contributed by atoms with van der Waals surface area (Å²) in [4.78, 5) is 2.30. The molecule has 1 unspecified atom stereocenters. The molecule has 0 amide bonds. The summed E-state index contributed by atoms with van der Waals surface area (Å²) in [6.45, 7) is 6.10. The van der Waals surface area contributed by atoms with Crippen molar-refractivity contribution in [2.45, 2.75) is 13.0 Å². The third-order valence-corrected chi connectivity index (χ3v) is 3.63. The molecule has 1 aliphatic rings. The predicted octanol–water partition coefficient (Wildman–Crippen LogP) is 2.29. The second-order valence-corrected chi connectivity index (χ2v) is 5.22. The van der Waals surface area contributed by atoms with Gasteiger partial charge >= 0.3 is 0 Å². The lowest BCUT2D eigenvalue weighted by Gasteiger charge is -2.34. The summed E-state index contributed by atoms with van der Waals surface area (Å²) in [6, 6.07) is 5.05. The molecule has 100 valence electrons. The molecule has 1 fully saturated rings. The van der Waals surface area contributed by atoms with Gasteiger partial charge in [-0.05, 0) is 31.7 Å². The molecular weight excluding hydrogens is 253 g/mol. The molecule has 0 aliphatic carbocycles. The molecule has 18 heavy (non-hydrogen) atoms. The number of benzene rings is 1. The van der Waals surface area contributed by atoms with E-state index in [0.29, 0.717) is 0 Å². The number of piperazine rings is 1. The SMILES string of the molecule is CC(NN1CCN(C)CC1)c1ccc(Cl)c(F)c1. The van der Waals surface area contributed by atoms with Crippen molar-refractivity contribution < 1.29 is 4.39 Å². The van der Waals surface area contributed by atoms with E-state index in [1.54, 1.807) is 6.07 Å². The number of hydrogen-bond donors (Lipinski definition) is 1. The molecule has 0 saturated carbocycles. The normalized spacial score (nSPS) is 20.0. The van der Waals surface area contributed by atoms with E-state index in [2.05, 4.69) is 22.4 Å². The number of likely N-dealkylation sites (N-methyl/N-ethyl adjacent to an activating group) is 1. The summed E-state index contributed by atoms with van der Waals surface area (Å²) in [5.74, 6) is -0.360. The van der Waals surface area contributed by atoms with Crippen LogP contribution in [0.4, 0.5) is 4.39 Å². The minimum Gasteiger partial charge on any atom is -0.304 e. The molecule has 1 aromatic carbocycles. The summed E-state index contributed by atoms with van der Waals surface area (Å²) in [5, 5.41) is 2.36. The number of halogens is 2. The highest BCUT2D eigenvalue weighted by molar-refractivity contribution is 6.30. The minimum atomic E-state index is -0.360. The third kappa shape index (κ3) is 3.42. The molecule has 1 heterocycles. The Morgan fingerprint density at radius 2 is 1.94 bits per heavy atom. The summed E-state index contributed by atoms with van der Waals surface area (Å²) < 4.78 is 13.4. The molecule has 1 N–H and O–H groups in total. The van der Waals surface area contributed by atoms with Gasteiger partial charge in [0.2, 0.25) is 0 Å². The zero-order valence-electron chi connectivity index (χ0n) is 10.8. The van der Waals surface area contributed by atoms with Crippen LogP contribution in [0.25, 0.3) is 0 Å². The first kappa shape index (κ1) is 13.7. The Hall–Kier alpha value is -0.680. The van der Waals surface area contributed by atoms with Crippen LogP contribution in [0.5, 0.6) is 0 Å². The Bertz CT molecular complexity index is 405. The van der Waals surface area contributed by atoms with E-state index in [-0.39, 0.29) is 16.9 Å². The Labute approximate surface area is 112 Å². The summed E-state index contributed by atoms with van der Waals surface area (Å²) >= 11 is 5.68. The topological polar surface area (TPSA) is 18.5 Å². The second-order valence-electron chi connectivity index (χ2n) is 4.81. The first-order chi connectivity index (χ1) is 8.56. The Kier molecular flexibility index (Phi) is 4.56. The van der Waals surface area contributed by atoms with Crippen LogP contribution in [0.3, 0.4) is 0 Å². The maximum Gasteiger partial charge on any atom is 0.142 e. The zero-order chi connectivity index (χ0) is 13.1. The maximum atomic E-state index is 13.4. The fraction of sp³-hybridized carbons (Fsp3) is 0.538. The van der Waals surface area contributed by atoms with Crippen molar-refractivity contribution in [1.29, 1.82) is 0 Å². The van der Waals surface area contributed by atoms with Crippen LogP contribution in [-0.2, 0) is 0 Å². The first-order valence-electron chi connectivity index (χ1n) is 6.21. The lowest BCUT2D eigenvalue weighted by atomic mass is 10.1. The lowest BCUT2D eigenvalue weighted by molar-refractivity contribution is 0.0898. The second kappa shape index (κ2) is 5.97. The van der Waals surface area contributed by atoms with Crippen LogP contribution >= 0.6 is 11.6 Å². The van der Waals surface area contributed by atoms with Crippen molar-refractivity contribution in [2.75, 3.05) is 33.2 Å². The highest BCUT2D eigenvalue weighted by Gasteiger charge is 2.16. The quantitative estimate of drug-likeness (QED) is 0.910. The molecule has 1 saturated heterocycles. The molecule has 3 nitrogen and oxygen atoms in total. The molecule has 0 bridgehead atoms. The summed E-state index contributed by atoms with van der Waals surface area (Å²) in [5.41, 5.74) is 4.31. The van der Waals surface area contributed by atoms with E-state index in [0.717, 1.165) is 31.7 Å². The average molecular weight is 272 g/mol. The van der Waals surface area contributed by atoms with Crippen molar-refractivity contribution in [2.24, 2.45) is 0 Å². The highest BCUT2D eigenvalue weighted by atomic mass is 35.5. The predicted molar refractivity (Wildman–Crippen MR) is 72.0 cm³/mol. The van der Waals surface area contributed by atoms with E-state index in [4.69, 9.17) is 11.6 Å². The summed E-state index contributed by atoms with van der Waals surface area (Å²) in [6.07, 6.45) is 0. The van der Waals surface area contributed by atoms with E-state index in [1.165, 1.54) is 6.07 Å². The fourth-order valence-electron chi connectivity index (χ4n) is 2.07. The van der Waals surface area contributed by atoms with Gasteiger partial charge in [-0.2, -0.15) is 0 Å². The van der Waals surface area contributed by atoms with Crippen molar-refractivity contribution in [3.05, 3.63) is 34.6 Å². The molecule has 0 spiro atoms. The fourth-order valence-corrected chi connectivity index (χ4v) is 2.18. The average Bonchev–Trinajstić information content (AvgIpc) is 2.35. The standard InChI is InChI=1S/C13H19ClFN3/c1-10(11-3-4-12(14)13(15)9-11)16-18-7-5-17(2)6-8-18/h3-4,9-10,16H,5-8H2,1-2H3. The van der Waals surface area contributed by atoms with Gasteiger partial charge in [-0.25, -0.2) is 14.8 Å². The van der Waals surface area contributed by atoms with E-state index in [1.807, 2.05) is 13.0 Å². The van der Waals surface area contributed by atoms with Gasteiger partial charge in [0.25, 0.3) is 0 Å². The number of hydrazine groups is 1. The molecule has 5 heteroatoms. The molecule has 2 rings (SSSR count). The number of hydrogen-bond acceptors (Lipinski definition) is 3. The monoisotopic (exact) mass is 271 g/mol. The number of nitrogens with one attached hydrogen (secondary N) is 1. The van der Waals surface area contributed by atoms with Gasteiger partial charge in [-0.1, -0.05) is 17.7 Å². The van der Waals surface area contributed by atoms with Gasteiger partial charge < -0.3 is 4.90 Å². The smallest absolute Gasteiger partial charge is 0.142 e. The van der Waals surface area contributed by atoms with Gasteiger partial charge in [-0.3, -0.25) is 0 Å². The Morgan fingerprint density at radius 3 is 2.56 bits per heavy atom. The zero-order valence-corrected chi connectivity index (χ0v) is 11.5. The Balaban J connectivity index is 1.94. The first-order valence-corrected chi connectivity index (χ1v) is 6.58. The third-order valence-electron chi connectivity index (χ3n) is 3.32. The van der Waals surface area contributed by atoms with Gasteiger partial charge in [-0.15, -0.1) is 0 Å². The number of nitrogens with zero attached hydrogens (tertiary/aromatic N) is 2. The number of rotatable bonds is 3. The highest BCUT2D eigenvalue weighted by Crippen LogP contribution is 2.20. The van der Waals surface area contributed by atoms with Gasteiger partial charge in [0, 0.05) is 32.2 Å². The van der Waals surface area contributed by atoms with E-state index >= 15 is 0 Å². The molecular formula is C13H19ClFN3. The van der Waals surface area contributed by atoms with Crippen molar-refractivity contribution >= 4 is 11.6 Å². The lowest BCUT2D eigenvalue weighted by Crippen LogP contribution is -2.51. The van der Waals surface area contributed by atoms with Gasteiger partial charge in [0.15, 0.2) is 0 Å². The minimum absolute atomic E-state index is 0.0835. The van der Waals surface area contributed by atoms with Crippen LogP contribution in [0.1, 0.15) is 18.5 Å². The maximum absolute atomic E-state index is 13.4. The molecule has 0 radical (unpaired) electrons. The van der Waals surface area contributed by atoms with Crippen LogP contribution in [0.15, 0.2) is 18.2 Å². The van der Waals surface area contributed by atoms with Crippen LogP contribution < -0.4 is 5.43 Å². The molecule has 1 aromatic rings. The summed E-state index contributed by atoms with van der Waals surface area (Å²) in [7, 11) is 2.12. The van der Waals surface area contributed by atoms with Crippen LogP contribution in [-0.4, -0.2) is 43.1 Å². The van der Waals surface area contributed by atoms with Crippen molar-refractivity contribution in [3.63, 3.8) is 0 Å². The van der Waals surface area contributed by atoms with Crippen LogP contribution in [0, 0.1) is 5.82 Å². The van der Waals surface area contributed by atoms with Crippen molar-refractivity contribution in [3.8, 4) is 0 Å². The Morgan fingerprint density at radius 1 is 1.28 bits per heavy atom. The molecule has 0 aromatic heterocycles. The van der Waals surface area contributed by atoms with Crippen LogP contribution in [0.2, 0.25) is 5.02 Å². The van der Waals surface area contributed by atoms with Gasteiger partial charge in [0.05, 0.1) is 5.02 Å². The molecule has 1 aliphatic heterocycles. The van der Waals surface area contributed by atoms with Crippen molar-refractivity contribution in [1.82, 2.24) is 15.3 Å². The largest absolute Gasteiger partial charge is 0.304 e.